The van der Waals surface area contributed by atoms with Gasteiger partial charge in [0.1, 0.15) is 0 Å². The van der Waals surface area contributed by atoms with Gasteiger partial charge in [0.05, 0.1) is 0 Å². The van der Waals surface area contributed by atoms with Crippen LogP contribution in [-0.4, -0.2) is 42.5 Å². The summed E-state index contributed by atoms with van der Waals surface area (Å²) in [6, 6.07) is 2.90. The Labute approximate surface area is 117 Å². The monoisotopic (exact) mass is 316 g/mol. The van der Waals surface area contributed by atoms with Gasteiger partial charge in [0.15, 0.2) is 0 Å². The normalized spacial score (nSPS) is 19.1. The van der Waals surface area contributed by atoms with Crippen LogP contribution < -0.4 is 0 Å². The molecule has 17 heavy (non-hydrogen) atoms. The van der Waals surface area contributed by atoms with Crippen LogP contribution in [0.2, 0.25) is 0 Å². The molecule has 0 aromatic carbocycles. The Morgan fingerprint density at radius 2 is 2.18 bits per heavy atom. The average Bonchev–Trinajstić information content (AvgIpc) is 2.75. The first-order valence-corrected chi connectivity index (χ1v) is 8.02. The molecular formula is C13H21BrN2S. The Kier molecular flexibility index (Phi) is 5.03. The van der Waals surface area contributed by atoms with Gasteiger partial charge in [0.25, 0.3) is 0 Å². The van der Waals surface area contributed by atoms with Gasteiger partial charge >= 0.3 is 0 Å². The predicted octanol–water partition coefficient (Wildman–Crippen LogP) is 3.43. The van der Waals surface area contributed by atoms with Crippen molar-refractivity contribution in [3.8, 4) is 0 Å². The molecule has 0 saturated carbocycles. The third-order valence-corrected chi connectivity index (χ3v) is 5.62. The van der Waals surface area contributed by atoms with Gasteiger partial charge in [0, 0.05) is 21.9 Å². The lowest BCUT2D eigenvalue weighted by atomic mass is 10.0. The van der Waals surface area contributed by atoms with Crippen molar-refractivity contribution in [1.29, 1.82) is 0 Å². The first-order valence-electron chi connectivity index (χ1n) is 6.35. The van der Waals surface area contributed by atoms with Crippen LogP contribution in [0, 0.1) is 0 Å². The van der Waals surface area contributed by atoms with Crippen LogP contribution in [0.3, 0.4) is 0 Å². The van der Waals surface area contributed by atoms with Gasteiger partial charge in [-0.2, -0.15) is 0 Å². The fourth-order valence-corrected chi connectivity index (χ4v) is 4.01. The molecule has 1 aromatic rings. The maximum atomic E-state index is 3.62. The largest absolute Gasteiger partial charge is 0.303 e. The van der Waals surface area contributed by atoms with Crippen molar-refractivity contribution >= 4 is 27.3 Å². The van der Waals surface area contributed by atoms with E-state index in [1.807, 2.05) is 11.3 Å². The second kappa shape index (κ2) is 6.32. The highest BCUT2D eigenvalue weighted by Gasteiger charge is 2.22. The van der Waals surface area contributed by atoms with Gasteiger partial charge in [-0.3, -0.25) is 4.90 Å². The minimum Gasteiger partial charge on any atom is -0.303 e. The Morgan fingerprint density at radius 3 is 2.71 bits per heavy atom. The number of halogens is 1. The van der Waals surface area contributed by atoms with Crippen molar-refractivity contribution < 1.29 is 0 Å². The molecule has 0 amide bonds. The molecule has 0 aliphatic carbocycles. The van der Waals surface area contributed by atoms with E-state index in [9.17, 15) is 0 Å². The standard InChI is InChI=1S/C13H21BrN2S/c1-3-16-7-4-11(5-8-16)15(2)10-13-12(14)6-9-17-13/h6,9,11H,3-5,7-8,10H2,1-2H3. The summed E-state index contributed by atoms with van der Waals surface area (Å²) in [5.41, 5.74) is 0. The third-order valence-electron chi connectivity index (χ3n) is 3.71. The quantitative estimate of drug-likeness (QED) is 0.839. The van der Waals surface area contributed by atoms with Crippen molar-refractivity contribution in [3.63, 3.8) is 0 Å². The summed E-state index contributed by atoms with van der Waals surface area (Å²) >= 11 is 5.46. The second-order valence-electron chi connectivity index (χ2n) is 4.77. The van der Waals surface area contributed by atoms with Crippen LogP contribution in [0.4, 0.5) is 0 Å². The molecule has 96 valence electrons. The van der Waals surface area contributed by atoms with Crippen LogP contribution in [0.25, 0.3) is 0 Å². The average molecular weight is 317 g/mol. The lowest BCUT2D eigenvalue weighted by molar-refractivity contribution is 0.127. The van der Waals surface area contributed by atoms with E-state index in [2.05, 4.69) is 51.1 Å². The fourth-order valence-electron chi connectivity index (χ4n) is 2.47. The summed E-state index contributed by atoms with van der Waals surface area (Å²) < 4.78 is 1.26. The molecule has 2 nitrogen and oxygen atoms in total. The van der Waals surface area contributed by atoms with Crippen molar-refractivity contribution in [2.45, 2.75) is 32.4 Å². The fraction of sp³-hybridized carbons (Fsp3) is 0.692. The zero-order chi connectivity index (χ0) is 12.3. The van der Waals surface area contributed by atoms with Gasteiger partial charge in [-0.1, -0.05) is 6.92 Å². The number of likely N-dealkylation sites (tertiary alicyclic amines) is 1. The minimum atomic E-state index is 0.756. The number of thiophene rings is 1. The number of rotatable bonds is 4. The van der Waals surface area contributed by atoms with Gasteiger partial charge in [-0.15, -0.1) is 11.3 Å². The Balaban J connectivity index is 1.85. The molecule has 1 fully saturated rings. The van der Waals surface area contributed by atoms with E-state index in [4.69, 9.17) is 0 Å². The molecular weight excluding hydrogens is 296 g/mol. The second-order valence-corrected chi connectivity index (χ2v) is 6.63. The molecule has 1 saturated heterocycles. The molecule has 1 aliphatic heterocycles. The van der Waals surface area contributed by atoms with E-state index in [0.29, 0.717) is 0 Å². The van der Waals surface area contributed by atoms with Crippen molar-refractivity contribution in [2.24, 2.45) is 0 Å². The molecule has 0 spiro atoms. The topological polar surface area (TPSA) is 6.48 Å². The van der Waals surface area contributed by atoms with Gasteiger partial charge in [-0.05, 0) is 66.9 Å². The number of hydrogen-bond donors (Lipinski definition) is 0. The highest BCUT2D eigenvalue weighted by atomic mass is 79.9. The molecule has 0 N–H and O–H groups in total. The molecule has 0 unspecified atom stereocenters. The number of piperidine rings is 1. The molecule has 2 heterocycles. The van der Waals surface area contributed by atoms with Gasteiger partial charge in [0.2, 0.25) is 0 Å². The van der Waals surface area contributed by atoms with Crippen LogP contribution in [0.15, 0.2) is 15.9 Å². The first kappa shape index (κ1) is 13.5. The minimum absolute atomic E-state index is 0.756. The Hall–Kier alpha value is 0.100. The van der Waals surface area contributed by atoms with E-state index >= 15 is 0 Å². The number of hydrogen-bond acceptors (Lipinski definition) is 3. The zero-order valence-corrected chi connectivity index (χ0v) is 13.1. The van der Waals surface area contributed by atoms with E-state index in [1.165, 1.54) is 41.8 Å². The highest BCUT2D eigenvalue weighted by Crippen LogP contribution is 2.26. The number of nitrogens with zero attached hydrogens (tertiary/aromatic N) is 2. The van der Waals surface area contributed by atoms with Gasteiger partial charge in [-0.25, -0.2) is 0 Å². The molecule has 0 radical (unpaired) electrons. The molecule has 0 atom stereocenters. The molecule has 1 aliphatic rings. The summed E-state index contributed by atoms with van der Waals surface area (Å²) in [5, 5.41) is 2.16. The lowest BCUT2D eigenvalue weighted by Crippen LogP contribution is -2.42. The smallest absolute Gasteiger partial charge is 0.0339 e. The van der Waals surface area contributed by atoms with E-state index in [0.717, 1.165) is 12.6 Å². The molecule has 1 aromatic heterocycles. The summed E-state index contributed by atoms with van der Waals surface area (Å²) in [5.74, 6) is 0. The van der Waals surface area contributed by atoms with Crippen molar-refractivity contribution in [2.75, 3.05) is 26.7 Å². The third kappa shape index (κ3) is 3.53. The lowest BCUT2D eigenvalue weighted by Gasteiger charge is -2.36. The maximum absolute atomic E-state index is 3.62. The summed E-state index contributed by atoms with van der Waals surface area (Å²) in [6.45, 7) is 7.06. The molecule has 0 bridgehead atoms. The molecule has 2 rings (SSSR count). The SMILES string of the molecule is CCN1CCC(N(C)Cc2sccc2Br)CC1. The first-order chi connectivity index (χ1) is 8.20. The summed E-state index contributed by atoms with van der Waals surface area (Å²) in [4.78, 5) is 6.51. The Morgan fingerprint density at radius 1 is 1.47 bits per heavy atom. The van der Waals surface area contributed by atoms with E-state index in [1.54, 1.807) is 0 Å². The summed E-state index contributed by atoms with van der Waals surface area (Å²) in [6.07, 6.45) is 2.63. The van der Waals surface area contributed by atoms with Crippen molar-refractivity contribution in [1.82, 2.24) is 9.80 Å². The zero-order valence-electron chi connectivity index (χ0n) is 10.7. The van der Waals surface area contributed by atoms with Crippen molar-refractivity contribution in [3.05, 3.63) is 20.8 Å². The van der Waals surface area contributed by atoms with Crippen LogP contribution >= 0.6 is 27.3 Å². The Bertz CT molecular complexity index is 345. The van der Waals surface area contributed by atoms with Crippen LogP contribution in [0.1, 0.15) is 24.6 Å². The maximum Gasteiger partial charge on any atom is 0.0339 e. The molecule has 4 heteroatoms. The van der Waals surface area contributed by atoms with Gasteiger partial charge < -0.3 is 4.90 Å². The van der Waals surface area contributed by atoms with Crippen LogP contribution in [0.5, 0.6) is 0 Å². The van der Waals surface area contributed by atoms with E-state index in [-0.39, 0.29) is 0 Å². The van der Waals surface area contributed by atoms with Crippen LogP contribution in [-0.2, 0) is 6.54 Å². The van der Waals surface area contributed by atoms with E-state index < -0.39 is 0 Å². The summed E-state index contributed by atoms with van der Waals surface area (Å²) in [7, 11) is 2.26. The highest BCUT2D eigenvalue weighted by molar-refractivity contribution is 9.10. The predicted molar refractivity (Wildman–Crippen MR) is 78.6 cm³/mol.